The van der Waals surface area contributed by atoms with Crippen LogP contribution in [-0.2, 0) is 0 Å². The summed E-state index contributed by atoms with van der Waals surface area (Å²) in [5, 5.41) is 0. The van der Waals surface area contributed by atoms with Gasteiger partial charge in [-0.15, -0.1) is 6.04 Å². The molecule has 0 saturated carbocycles. The Balaban J connectivity index is 0.000001000. The number of nitrogens with one attached hydrogen (secondary N) is 1. The molecule has 2 heteroatoms. The van der Waals surface area contributed by atoms with Gasteiger partial charge in [0.1, 0.15) is 0 Å². The molecular weight excluding hydrogens is 349 g/mol. The van der Waals surface area contributed by atoms with Crippen molar-refractivity contribution in [1.29, 1.82) is 0 Å². The number of aryl methyl sites for hydroxylation is 1. The van der Waals surface area contributed by atoms with Crippen LogP contribution in [0.3, 0.4) is 0 Å². The summed E-state index contributed by atoms with van der Waals surface area (Å²) < 4.78 is 0. The smallest absolute Gasteiger partial charge is 0 e. The van der Waals surface area contributed by atoms with E-state index in [0.29, 0.717) is 0 Å². The molecule has 0 amide bonds. The van der Waals surface area contributed by atoms with Crippen molar-refractivity contribution in [3.63, 3.8) is 0 Å². The second kappa shape index (κ2) is 5.30. The Hall–Kier alpha value is 0.622. The van der Waals surface area contributed by atoms with E-state index in [1.807, 2.05) is 32.0 Å². The monoisotopic (exact) mass is 361 g/mol. The van der Waals surface area contributed by atoms with Crippen LogP contribution in [0.1, 0.15) is 24.1 Å². The van der Waals surface area contributed by atoms with E-state index in [0.717, 1.165) is 5.56 Å². The van der Waals surface area contributed by atoms with E-state index >= 15 is 0 Å². The molecule has 0 bridgehead atoms. The molecule has 11 heavy (non-hydrogen) atoms. The standard InChI is InChI=1S/C9H12N.Ac/c1-7-4-3-5-9(6-7)8(2)10;/h3-6,8,10H,1-2H3;/q-1;. The molecule has 1 rings (SSSR count). The molecule has 0 aromatic heterocycles. The summed E-state index contributed by atoms with van der Waals surface area (Å²) in [7, 11) is 0. The molecule has 0 spiro atoms. The summed E-state index contributed by atoms with van der Waals surface area (Å²) in [4.78, 5) is 0. The largest absolute Gasteiger partial charge is 0.671 e. The minimum atomic E-state index is -0.0973. The molecule has 1 unspecified atom stereocenters. The Morgan fingerprint density at radius 1 is 1.36 bits per heavy atom. The molecule has 1 radical (unpaired) electrons. The van der Waals surface area contributed by atoms with Crippen LogP contribution < -0.4 is 0 Å². The summed E-state index contributed by atoms with van der Waals surface area (Å²) in [6, 6.07) is 7.99. The molecule has 1 aromatic rings. The van der Waals surface area contributed by atoms with Crippen LogP contribution in [0.5, 0.6) is 0 Å². The summed E-state index contributed by atoms with van der Waals surface area (Å²) in [5.41, 5.74) is 9.75. The summed E-state index contributed by atoms with van der Waals surface area (Å²) >= 11 is 0. The molecule has 0 aliphatic heterocycles. The molecule has 1 aromatic carbocycles. The van der Waals surface area contributed by atoms with Gasteiger partial charge in [-0.2, -0.15) is 0 Å². The topological polar surface area (TPSA) is 23.8 Å². The summed E-state index contributed by atoms with van der Waals surface area (Å²) in [5.74, 6) is 0. The third-order valence-electron chi connectivity index (χ3n) is 1.54. The van der Waals surface area contributed by atoms with E-state index in [-0.39, 0.29) is 50.1 Å². The van der Waals surface area contributed by atoms with E-state index in [4.69, 9.17) is 5.73 Å². The van der Waals surface area contributed by atoms with Gasteiger partial charge in [-0.25, -0.2) is 0 Å². The minimum Gasteiger partial charge on any atom is -0.671 e. The average molecular weight is 361 g/mol. The molecular formula is C9H12AcN-. The van der Waals surface area contributed by atoms with Gasteiger partial charge in [0, 0.05) is 44.1 Å². The van der Waals surface area contributed by atoms with Gasteiger partial charge >= 0.3 is 0 Å². The Labute approximate surface area is 104 Å². The van der Waals surface area contributed by atoms with Gasteiger partial charge in [-0.3, -0.25) is 0 Å². The Bertz CT molecular complexity index is 221. The van der Waals surface area contributed by atoms with E-state index < -0.39 is 0 Å². The molecule has 1 nitrogen and oxygen atoms in total. The SMILES string of the molecule is Cc1cccc(C(C)[NH-])c1.[Ac]. The van der Waals surface area contributed by atoms with Crippen LogP contribution >= 0.6 is 0 Å². The van der Waals surface area contributed by atoms with Crippen LogP contribution in [0.15, 0.2) is 24.3 Å². The van der Waals surface area contributed by atoms with Crippen LogP contribution in [0.2, 0.25) is 0 Å². The van der Waals surface area contributed by atoms with Gasteiger partial charge in [0.05, 0.1) is 0 Å². The maximum Gasteiger partial charge on any atom is 0 e. The molecule has 0 saturated heterocycles. The number of rotatable bonds is 1. The number of benzene rings is 1. The second-order valence-electron chi connectivity index (χ2n) is 2.64. The van der Waals surface area contributed by atoms with Crippen molar-refractivity contribution >= 4 is 0 Å². The molecule has 0 aliphatic carbocycles. The van der Waals surface area contributed by atoms with Gasteiger partial charge < -0.3 is 5.73 Å². The van der Waals surface area contributed by atoms with Gasteiger partial charge in [0.2, 0.25) is 0 Å². The van der Waals surface area contributed by atoms with Crippen LogP contribution in [-0.4, -0.2) is 0 Å². The van der Waals surface area contributed by atoms with Gasteiger partial charge in [-0.05, 0) is 6.92 Å². The van der Waals surface area contributed by atoms with Crippen molar-refractivity contribution in [3.05, 3.63) is 41.1 Å². The summed E-state index contributed by atoms with van der Waals surface area (Å²) in [6.45, 7) is 3.93. The molecule has 1 N–H and O–H groups in total. The maximum atomic E-state index is 7.42. The first-order valence-electron chi connectivity index (χ1n) is 3.48. The first kappa shape index (κ1) is 11.6. The van der Waals surface area contributed by atoms with E-state index in [1.54, 1.807) is 0 Å². The number of hydrogen-bond donors (Lipinski definition) is 0. The van der Waals surface area contributed by atoms with E-state index in [2.05, 4.69) is 6.07 Å². The third kappa shape index (κ3) is 3.69. The Kier molecular flexibility index (Phi) is 5.60. The fourth-order valence-electron chi connectivity index (χ4n) is 0.939. The fraction of sp³-hybridized carbons (Fsp3) is 0.333. The predicted octanol–water partition coefficient (Wildman–Crippen LogP) is 3.11. The molecule has 1 atom stereocenters. The Morgan fingerprint density at radius 3 is 2.36 bits per heavy atom. The zero-order valence-electron chi connectivity index (χ0n) is 6.96. The summed E-state index contributed by atoms with van der Waals surface area (Å²) in [6.07, 6.45) is 0. The Morgan fingerprint density at radius 2 is 2.00 bits per heavy atom. The van der Waals surface area contributed by atoms with Gasteiger partial charge in [0.15, 0.2) is 0 Å². The second-order valence-corrected chi connectivity index (χ2v) is 2.64. The quantitative estimate of drug-likeness (QED) is 0.734. The van der Waals surface area contributed by atoms with Crippen molar-refractivity contribution in [2.75, 3.05) is 0 Å². The van der Waals surface area contributed by atoms with Gasteiger partial charge in [0.25, 0.3) is 0 Å². The normalized spacial score (nSPS) is 11.9. The van der Waals surface area contributed by atoms with E-state index in [1.165, 1.54) is 5.56 Å². The average Bonchev–Trinajstić information content (AvgIpc) is 1.88. The zero-order valence-corrected chi connectivity index (χ0v) is 11.7. The van der Waals surface area contributed by atoms with Crippen LogP contribution in [0, 0.1) is 51.0 Å². The van der Waals surface area contributed by atoms with Crippen molar-refractivity contribution in [2.24, 2.45) is 0 Å². The third-order valence-corrected chi connectivity index (χ3v) is 1.54. The molecule has 0 heterocycles. The molecule has 0 fully saturated rings. The molecule has 0 aliphatic rings. The van der Waals surface area contributed by atoms with Crippen LogP contribution in [0.25, 0.3) is 5.73 Å². The van der Waals surface area contributed by atoms with Crippen molar-refractivity contribution < 1.29 is 44.1 Å². The van der Waals surface area contributed by atoms with Crippen molar-refractivity contribution in [3.8, 4) is 0 Å². The zero-order chi connectivity index (χ0) is 7.56. The first-order valence-corrected chi connectivity index (χ1v) is 3.48. The van der Waals surface area contributed by atoms with Crippen molar-refractivity contribution in [1.82, 2.24) is 0 Å². The van der Waals surface area contributed by atoms with Crippen LogP contribution in [0.4, 0.5) is 0 Å². The van der Waals surface area contributed by atoms with E-state index in [9.17, 15) is 0 Å². The van der Waals surface area contributed by atoms with Gasteiger partial charge in [-0.1, -0.05) is 42.3 Å². The predicted molar refractivity (Wildman–Crippen MR) is 43.9 cm³/mol. The minimum absolute atomic E-state index is 0. The molecule has 57 valence electrons. The first-order chi connectivity index (χ1) is 4.70. The maximum absolute atomic E-state index is 7.42. The number of hydrogen-bond acceptors (Lipinski definition) is 0. The fourth-order valence-corrected chi connectivity index (χ4v) is 0.939. The van der Waals surface area contributed by atoms with Crippen molar-refractivity contribution in [2.45, 2.75) is 19.9 Å².